The standard InChI is InChI=1S/C19H16Cl2N6O5/c1-2-23-19(30)32-18(29)14(8-22)25-24-10-5-12(20)16(13(21)6-10)31-15-7-11(9-3-4-9)17(28)27-26-15/h5-7,9,24H,2-4H2,1H3,(H,23,30)(H,27,28)/b25-14+. The van der Waals surface area contributed by atoms with Crippen LogP contribution in [0.1, 0.15) is 31.2 Å². The van der Waals surface area contributed by atoms with E-state index < -0.39 is 17.8 Å². The van der Waals surface area contributed by atoms with Gasteiger partial charge in [0, 0.05) is 18.2 Å². The van der Waals surface area contributed by atoms with E-state index in [2.05, 4.69) is 30.8 Å². The maximum atomic E-state index is 11.9. The number of rotatable bonds is 7. The molecule has 1 amide bonds. The predicted molar refractivity (Wildman–Crippen MR) is 115 cm³/mol. The highest BCUT2D eigenvalue weighted by Gasteiger charge is 2.27. The van der Waals surface area contributed by atoms with Gasteiger partial charge in [-0.05, 0) is 37.8 Å². The normalized spacial score (nSPS) is 13.1. The number of aromatic amines is 1. The molecule has 1 aliphatic carbocycles. The number of amides is 1. The van der Waals surface area contributed by atoms with E-state index in [0.717, 1.165) is 12.8 Å². The van der Waals surface area contributed by atoms with Gasteiger partial charge in [0.25, 0.3) is 5.56 Å². The summed E-state index contributed by atoms with van der Waals surface area (Å²) in [5.41, 5.74) is 2.27. The molecule has 0 radical (unpaired) electrons. The van der Waals surface area contributed by atoms with Crippen LogP contribution in [-0.4, -0.2) is 34.5 Å². The number of ether oxygens (including phenoxy) is 2. The van der Waals surface area contributed by atoms with Gasteiger partial charge >= 0.3 is 12.1 Å². The second kappa shape index (κ2) is 10.1. The Bertz CT molecular complexity index is 1160. The molecule has 11 nitrogen and oxygen atoms in total. The summed E-state index contributed by atoms with van der Waals surface area (Å²) < 4.78 is 10.1. The first-order chi connectivity index (χ1) is 15.3. The summed E-state index contributed by atoms with van der Waals surface area (Å²) in [5, 5.41) is 21.3. The average molecular weight is 479 g/mol. The molecular formula is C19H16Cl2N6O5. The zero-order chi connectivity index (χ0) is 23.3. The van der Waals surface area contributed by atoms with Gasteiger partial charge in [-0.2, -0.15) is 10.4 Å². The van der Waals surface area contributed by atoms with Crippen LogP contribution in [0.15, 0.2) is 28.1 Å². The molecule has 1 aliphatic rings. The van der Waals surface area contributed by atoms with Gasteiger partial charge in [-0.25, -0.2) is 14.7 Å². The van der Waals surface area contributed by atoms with Crippen molar-refractivity contribution in [1.82, 2.24) is 15.5 Å². The Kier molecular flexibility index (Phi) is 7.29. The van der Waals surface area contributed by atoms with Crippen LogP contribution < -0.4 is 21.0 Å². The van der Waals surface area contributed by atoms with Crippen molar-refractivity contribution in [3.63, 3.8) is 0 Å². The second-order valence-electron chi connectivity index (χ2n) is 6.53. The maximum Gasteiger partial charge on any atom is 0.415 e. The molecule has 13 heteroatoms. The Morgan fingerprint density at radius 2 is 2.00 bits per heavy atom. The van der Waals surface area contributed by atoms with Gasteiger partial charge < -0.3 is 14.8 Å². The summed E-state index contributed by atoms with van der Waals surface area (Å²) in [6.45, 7) is 1.87. The zero-order valence-electron chi connectivity index (χ0n) is 16.6. The lowest BCUT2D eigenvalue weighted by atomic mass is 10.2. The van der Waals surface area contributed by atoms with Gasteiger partial charge in [0.2, 0.25) is 11.6 Å². The number of nitrogens with zero attached hydrogens (tertiary/aromatic N) is 3. The molecule has 1 saturated carbocycles. The van der Waals surface area contributed by atoms with Crippen molar-refractivity contribution in [2.24, 2.45) is 5.10 Å². The third-order valence-corrected chi connectivity index (χ3v) is 4.69. The molecule has 1 heterocycles. The van der Waals surface area contributed by atoms with Crippen molar-refractivity contribution in [2.75, 3.05) is 12.0 Å². The van der Waals surface area contributed by atoms with Crippen LogP contribution in [0.2, 0.25) is 10.0 Å². The summed E-state index contributed by atoms with van der Waals surface area (Å²) in [7, 11) is 0. The lowest BCUT2D eigenvalue weighted by molar-refractivity contribution is -0.129. The Balaban J connectivity index is 1.74. The number of carbonyl (C=O) groups excluding carboxylic acids is 2. The number of aromatic nitrogens is 2. The molecule has 1 aromatic carbocycles. The molecule has 0 unspecified atom stereocenters. The molecule has 0 aliphatic heterocycles. The number of esters is 1. The number of halogens is 2. The molecule has 3 rings (SSSR count). The van der Waals surface area contributed by atoms with E-state index in [1.54, 1.807) is 13.0 Å². The van der Waals surface area contributed by atoms with Gasteiger partial charge in [0.1, 0.15) is 6.07 Å². The number of nitriles is 1. The SMILES string of the molecule is CCNC(=O)OC(=O)/C(C#N)=N/Nc1cc(Cl)c(Oc2cc(C3CC3)c(=O)[nH]n2)c(Cl)c1. The van der Waals surface area contributed by atoms with Crippen molar-refractivity contribution in [1.29, 1.82) is 5.26 Å². The van der Waals surface area contributed by atoms with E-state index in [4.69, 9.17) is 33.2 Å². The van der Waals surface area contributed by atoms with Crippen molar-refractivity contribution < 1.29 is 19.1 Å². The molecule has 0 spiro atoms. The molecule has 0 bridgehead atoms. The Hall–Kier alpha value is -3.62. The number of benzene rings is 1. The Morgan fingerprint density at radius 3 is 2.59 bits per heavy atom. The van der Waals surface area contributed by atoms with Gasteiger partial charge in [-0.15, -0.1) is 5.10 Å². The van der Waals surface area contributed by atoms with Crippen LogP contribution in [0.3, 0.4) is 0 Å². The molecule has 0 saturated heterocycles. The minimum atomic E-state index is -1.24. The fourth-order valence-electron chi connectivity index (χ4n) is 2.53. The molecule has 1 aromatic heterocycles. The lowest BCUT2D eigenvalue weighted by Gasteiger charge is -2.11. The smallest absolute Gasteiger partial charge is 0.415 e. The van der Waals surface area contributed by atoms with Crippen LogP contribution in [0.25, 0.3) is 0 Å². The first-order valence-electron chi connectivity index (χ1n) is 9.32. The van der Waals surface area contributed by atoms with Crippen molar-refractivity contribution >= 4 is 46.7 Å². The van der Waals surface area contributed by atoms with E-state index in [0.29, 0.717) is 5.56 Å². The third-order valence-electron chi connectivity index (χ3n) is 4.13. The van der Waals surface area contributed by atoms with Gasteiger partial charge in [0.15, 0.2) is 5.75 Å². The summed E-state index contributed by atoms with van der Waals surface area (Å²) in [5.74, 6) is -0.846. The number of alkyl carbamates (subject to hydrolysis) is 1. The third kappa shape index (κ3) is 5.75. The molecular weight excluding hydrogens is 463 g/mol. The highest BCUT2D eigenvalue weighted by molar-refractivity contribution is 6.44. The van der Waals surface area contributed by atoms with Crippen LogP contribution in [-0.2, 0) is 9.53 Å². The fraction of sp³-hybridized carbons (Fsp3) is 0.263. The lowest BCUT2D eigenvalue weighted by Crippen LogP contribution is -2.29. The van der Waals surface area contributed by atoms with Gasteiger partial charge in [0.05, 0.1) is 15.7 Å². The summed E-state index contributed by atoms with van der Waals surface area (Å²) in [6.07, 6.45) is 0.848. The van der Waals surface area contributed by atoms with Crippen molar-refractivity contribution in [3.05, 3.63) is 44.2 Å². The molecule has 32 heavy (non-hydrogen) atoms. The minimum absolute atomic E-state index is 0.0691. The van der Waals surface area contributed by atoms with E-state index in [1.807, 2.05) is 0 Å². The number of hydrogen-bond acceptors (Lipinski definition) is 9. The number of anilines is 1. The fourth-order valence-corrected chi connectivity index (χ4v) is 3.09. The van der Waals surface area contributed by atoms with E-state index in [1.165, 1.54) is 18.2 Å². The highest BCUT2D eigenvalue weighted by atomic mass is 35.5. The highest BCUT2D eigenvalue weighted by Crippen LogP contribution is 2.41. The Labute approximate surface area is 191 Å². The monoisotopic (exact) mass is 478 g/mol. The summed E-state index contributed by atoms with van der Waals surface area (Å²) in [6, 6.07) is 5.82. The largest absolute Gasteiger partial charge is 0.434 e. The summed E-state index contributed by atoms with van der Waals surface area (Å²) in [4.78, 5) is 34.9. The Morgan fingerprint density at radius 1 is 1.31 bits per heavy atom. The molecule has 1 fully saturated rings. The zero-order valence-corrected chi connectivity index (χ0v) is 18.1. The molecule has 3 N–H and O–H groups in total. The van der Waals surface area contributed by atoms with Crippen molar-refractivity contribution in [2.45, 2.75) is 25.7 Å². The van der Waals surface area contributed by atoms with E-state index >= 15 is 0 Å². The van der Waals surface area contributed by atoms with Crippen LogP contribution in [0.4, 0.5) is 10.5 Å². The number of carbonyl (C=O) groups is 2. The molecule has 2 aromatic rings. The molecule has 0 atom stereocenters. The molecule has 166 valence electrons. The maximum absolute atomic E-state index is 11.9. The topological polar surface area (TPSA) is 159 Å². The number of nitrogens with one attached hydrogen (secondary N) is 3. The predicted octanol–water partition coefficient (Wildman–Crippen LogP) is 3.31. The average Bonchev–Trinajstić information content (AvgIpc) is 3.57. The quantitative estimate of drug-likeness (QED) is 0.236. The second-order valence-corrected chi connectivity index (χ2v) is 7.34. The van der Waals surface area contributed by atoms with Crippen molar-refractivity contribution in [3.8, 4) is 17.7 Å². The first kappa shape index (κ1) is 23.1. The van der Waals surface area contributed by atoms with Gasteiger partial charge in [-0.1, -0.05) is 23.2 Å². The van der Waals surface area contributed by atoms with E-state index in [9.17, 15) is 14.4 Å². The van der Waals surface area contributed by atoms with Crippen LogP contribution in [0.5, 0.6) is 11.6 Å². The van der Waals surface area contributed by atoms with E-state index in [-0.39, 0.29) is 45.4 Å². The summed E-state index contributed by atoms with van der Waals surface area (Å²) >= 11 is 12.5. The minimum Gasteiger partial charge on any atom is -0.434 e. The van der Waals surface area contributed by atoms with Crippen LogP contribution in [0, 0.1) is 11.3 Å². The van der Waals surface area contributed by atoms with Crippen LogP contribution >= 0.6 is 23.2 Å². The number of H-pyrrole nitrogens is 1. The number of hydrazone groups is 1. The number of hydrogen-bond donors (Lipinski definition) is 3. The first-order valence-corrected chi connectivity index (χ1v) is 10.1. The van der Waals surface area contributed by atoms with Gasteiger partial charge in [-0.3, -0.25) is 10.2 Å².